The summed E-state index contributed by atoms with van der Waals surface area (Å²) in [5.41, 5.74) is 6.62. The first-order valence-corrected chi connectivity index (χ1v) is 7.10. The van der Waals surface area contributed by atoms with Gasteiger partial charge in [-0.1, -0.05) is 33.1 Å². The molecule has 1 saturated carbocycles. The van der Waals surface area contributed by atoms with Gasteiger partial charge in [0.05, 0.1) is 0 Å². The van der Waals surface area contributed by atoms with Gasteiger partial charge in [-0.15, -0.1) is 0 Å². The molecule has 1 rings (SSSR count). The van der Waals surface area contributed by atoms with Crippen LogP contribution in [-0.4, -0.2) is 30.1 Å². The van der Waals surface area contributed by atoms with Crippen LogP contribution < -0.4 is 5.73 Å². The average Bonchev–Trinajstić information content (AvgIpc) is 2.29. The minimum Gasteiger partial charge on any atom is -0.325 e. The van der Waals surface area contributed by atoms with Crippen molar-refractivity contribution >= 4 is 0 Å². The van der Waals surface area contributed by atoms with Crippen LogP contribution in [0.5, 0.6) is 0 Å². The second-order valence-corrected chi connectivity index (χ2v) is 5.62. The van der Waals surface area contributed by atoms with Gasteiger partial charge in [0.1, 0.15) is 0 Å². The van der Waals surface area contributed by atoms with Crippen molar-refractivity contribution in [2.75, 3.05) is 13.6 Å². The van der Waals surface area contributed by atoms with Crippen molar-refractivity contribution in [3.8, 4) is 0 Å². The first-order chi connectivity index (χ1) is 7.61. The SMILES string of the molecule is CCC(CC)N(C)CCC1(N)CCCCC1. The van der Waals surface area contributed by atoms with Crippen LogP contribution in [0.2, 0.25) is 0 Å². The van der Waals surface area contributed by atoms with Crippen molar-refractivity contribution in [1.82, 2.24) is 4.90 Å². The Morgan fingerprint density at radius 3 is 2.19 bits per heavy atom. The van der Waals surface area contributed by atoms with E-state index < -0.39 is 0 Å². The van der Waals surface area contributed by atoms with Gasteiger partial charge in [-0.25, -0.2) is 0 Å². The van der Waals surface area contributed by atoms with E-state index in [2.05, 4.69) is 25.8 Å². The van der Waals surface area contributed by atoms with Crippen molar-refractivity contribution in [1.29, 1.82) is 0 Å². The third-order valence-electron chi connectivity index (χ3n) is 4.38. The fraction of sp³-hybridized carbons (Fsp3) is 1.00. The molecule has 0 atom stereocenters. The highest BCUT2D eigenvalue weighted by Gasteiger charge is 2.27. The van der Waals surface area contributed by atoms with Crippen molar-refractivity contribution in [3.63, 3.8) is 0 Å². The van der Waals surface area contributed by atoms with E-state index >= 15 is 0 Å². The number of nitrogens with two attached hydrogens (primary N) is 1. The molecule has 0 aromatic carbocycles. The smallest absolute Gasteiger partial charge is 0.0166 e. The molecule has 0 aromatic rings. The van der Waals surface area contributed by atoms with Gasteiger partial charge in [0.25, 0.3) is 0 Å². The standard InChI is InChI=1S/C14H30N2/c1-4-13(5-2)16(3)12-11-14(15)9-7-6-8-10-14/h13H,4-12,15H2,1-3H3. The summed E-state index contributed by atoms with van der Waals surface area (Å²) >= 11 is 0. The van der Waals surface area contributed by atoms with Gasteiger partial charge in [0.15, 0.2) is 0 Å². The zero-order valence-electron chi connectivity index (χ0n) is 11.5. The third kappa shape index (κ3) is 4.06. The summed E-state index contributed by atoms with van der Waals surface area (Å²) in [7, 11) is 2.25. The topological polar surface area (TPSA) is 29.3 Å². The fourth-order valence-electron chi connectivity index (χ4n) is 3.00. The lowest BCUT2D eigenvalue weighted by Crippen LogP contribution is -2.45. The van der Waals surface area contributed by atoms with Crippen molar-refractivity contribution in [3.05, 3.63) is 0 Å². The number of hydrogen-bond donors (Lipinski definition) is 1. The molecule has 0 aromatic heterocycles. The Kier molecular flexibility index (Phi) is 5.77. The number of rotatable bonds is 6. The third-order valence-corrected chi connectivity index (χ3v) is 4.38. The second-order valence-electron chi connectivity index (χ2n) is 5.62. The molecule has 1 fully saturated rings. The van der Waals surface area contributed by atoms with Gasteiger partial charge >= 0.3 is 0 Å². The zero-order chi connectivity index (χ0) is 12.0. The van der Waals surface area contributed by atoms with Gasteiger partial charge in [-0.05, 0) is 45.7 Å². The quantitative estimate of drug-likeness (QED) is 0.754. The molecule has 0 heterocycles. The van der Waals surface area contributed by atoms with Crippen LogP contribution in [0.25, 0.3) is 0 Å². The van der Waals surface area contributed by atoms with Gasteiger partial charge in [-0.3, -0.25) is 0 Å². The summed E-state index contributed by atoms with van der Waals surface area (Å²) in [5.74, 6) is 0. The highest BCUT2D eigenvalue weighted by atomic mass is 15.1. The Hall–Kier alpha value is -0.0800. The van der Waals surface area contributed by atoms with Gasteiger partial charge in [0, 0.05) is 11.6 Å². The lowest BCUT2D eigenvalue weighted by atomic mass is 9.80. The van der Waals surface area contributed by atoms with Gasteiger partial charge in [0.2, 0.25) is 0 Å². The monoisotopic (exact) mass is 226 g/mol. The van der Waals surface area contributed by atoms with Crippen LogP contribution in [0.4, 0.5) is 0 Å². The average molecular weight is 226 g/mol. The molecule has 2 heteroatoms. The normalized spacial score (nSPS) is 20.6. The van der Waals surface area contributed by atoms with Crippen molar-refractivity contribution in [2.45, 2.75) is 76.8 Å². The molecule has 2 nitrogen and oxygen atoms in total. The maximum absolute atomic E-state index is 6.46. The van der Waals surface area contributed by atoms with Crippen molar-refractivity contribution in [2.24, 2.45) is 5.73 Å². The summed E-state index contributed by atoms with van der Waals surface area (Å²) in [6.07, 6.45) is 10.2. The van der Waals surface area contributed by atoms with Gasteiger partial charge < -0.3 is 10.6 Å². The van der Waals surface area contributed by atoms with Crippen LogP contribution in [0.1, 0.15) is 65.2 Å². The van der Waals surface area contributed by atoms with E-state index in [1.54, 1.807) is 0 Å². The predicted molar refractivity (Wildman–Crippen MR) is 71.6 cm³/mol. The molecule has 0 radical (unpaired) electrons. The summed E-state index contributed by atoms with van der Waals surface area (Å²) in [4.78, 5) is 2.50. The lowest BCUT2D eigenvalue weighted by molar-refractivity contribution is 0.185. The van der Waals surface area contributed by atoms with Crippen molar-refractivity contribution < 1.29 is 0 Å². The Morgan fingerprint density at radius 2 is 1.69 bits per heavy atom. The highest BCUT2D eigenvalue weighted by Crippen LogP contribution is 2.28. The van der Waals surface area contributed by atoms with Crippen LogP contribution in [0.15, 0.2) is 0 Å². The summed E-state index contributed by atoms with van der Waals surface area (Å²) in [5, 5.41) is 0. The molecule has 96 valence electrons. The predicted octanol–water partition coefficient (Wildman–Crippen LogP) is 3.16. The Bertz CT molecular complexity index is 181. The van der Waals surface area contributed by atoms with E-state index in [4.69, 9.17) is 5.73 Å². The summed E-state index contributed by atoms with van der Waals surface area (Å²) in [6.45, 7) is 5.73. The molecular weight excluding hydrogens is 196 g/mol. The first-order valence-electron chi connectivity index (χ1n) is 7.10. The maximum atomic E-state index is 6.46. The van der Waals surface area contributed by atoms with Crippen LogP contribution in [0, 0.1) is 0 Å². The largest absolute Gasteiger partial charge is 0.325 e. The van der Waals surface area contributed by atoms with E-state index in [-0.39, 0.29) is 5.54 Å². The number of nitrogens with zero attached hydrogens (tertiary/aromatic N) is 1. The summed E-state index contributed by atoms with van der Waals surface area (Å²) in [6, 6.07) is 0.743. The minimum absolute atomic E-state index is 0.151. The fourth-order valence-corrected chi connectivity index (χ4v) is 3.00. The zero-order valence-corrected chi connectivity index (χ0v) is 11.5. The molecule has 0 saturated heterocycles. The Morgan fingerprint density at radius 1 is 1.12 bits per heavy atom. The Labute approximate surface area is 102 Å². The highest BCUT2D eigenvalue weighted by molar-refractivity contribution is 4.88. The molecule has 1 aliphatic carbocycles. The van der Waals surface area contributed by atoms with Crippen LogP contribution >= 0.6 is 0 Å². The molecule has 0 bridgehead atoms. The first kappa shape index (κ1) is 14.0. The molecule has 0 amide bonds. The maximum Gasteiger partial charge on any atom is 0.0166 e. The van der Waals surface area contributed by atoms with E-state index in [0.717, 1.165) is 6.04 Å². The molecule has 2 N–H and O–H groups in total. The summed E-state index contributed by atoms with van der Waals surface area (Å²) < 4.78 is 0. The molecule has 0 aliphatic heterocycles. The lowest BCUT2D eigenvalue weighted by Gasteiger charge is -2.36. The van der Waals surface area contributed by atoms with Crippen LogP contribution in [0.3, 0.4) is 0 Å². The molecule has 16 heavy (non-hydrogen) atoms. The molecule has 1 aliphatic rings. The molecule has 0 spiro atoms. The van der Waals surface area contributed by atoms with E-state index in [9.17, 15) is 0 Å². The minimum atomic E-state index is 0.151. The number of hydrogen-bond acceptors (Lipinski definition) is 2. The van der Waals surface area contributed by atoms with E-state index in [0.29, 0.717) is 0 Å². The molecular formula is C14H30N2. The van der Waals surface area contributed by atoms with E-state index in [1.807, 2.05) is 0 Å². The van der Waals surface area contributed by atoms with E-state index in [1.165, 1.54) is 57.9 Å². The molecule has 0 unspecified atom stereocenters. The Balaban J connectivity index is 2.31. The van der Waals surface area contributed by atoms with Crippen LogP contribution in [-0.2, 0) is 0 Å². The second kappa shape index (κ2) is 6.61. The van der Waals surface area contributed by atoms with Gasteiger partial charge in [-0.2, -0.15) is 0 Å².